The molecule has 0 bridgehead atoms. The van der Waals surface area contributed by atoms with Crippen molar-refractivity contribution in [3.63, 3.8) is 0 Å². The molecule has 0 saturated carbocycles. The number of benzene rings is 2. The van der Waals surface area contributed by atoms with E-state index in [0.29, 0.717) is 0 Å². The highest BCUT2D eigenvalue weighted by Gasteiger charge is 2.23. The summed E-state index contributed by atoms with van der Waals surface area (Å²) < 4.78 is 41.1. The molecule has 0 radical (unpaired) electrons. The lowest BCUT2D eigenvalue weighted by molar-refractivity contribution is -0.134. The molecule has 2 aromatic carbocycles. The minimum absolute atomic E-state index is 0.0677. The molecule has 1 N–H and O–H groups in total. The van der Waals surface area contributed by atoms with Crippen molar-refractivity contribution in [3.8, 4) is 0 Å². The van der Waals surface area contributed by atoms with Crippen LogP contribution < -0.4 is 0 Å². The zero-order chi connectivity index (χ0) is 17.1. The summed E-state index contributed by atoms with van der Waals surface area (Å²) in [6, 6.07) is 13.4. The SMILES string of the molecule is Cc1ccc(S(=O)(=O)N=S(=O)(CC(=O)O)c2ccccc2)cc1. The maximum atomic E-state index is 12.9. The van der Waals surface area contributed by atoms with Crippen molar-refractivity contribution in [1.82, 2.24) is 0 Å². The Morgan fingerprint density at radius 2 is 1.52 bits per heavy atom. The molecule has 0 aliphatic carbocycles. The number of aliphatic carboxylic acids is 1. The van der Waals surface area contributed by atoms with Gasteiger partial charge in [-0.15, -0.1) is 3.77 Å². The Labute approximate surface area is 135 Å². The number of carbonyl (C=O) groups is 1. The summed E-state index contributed by atoms with van der Waals surface area (Å²) in [6.07, 6.45) is 0. The lowest BCUT2D eigenvalue weighted by Crippen LogP contribution is -2.17. The average Bonchev–Trinajstić information content (AvgIpc) is 2.47. The monoisotopic (exact) mass is 353 g/mol. The quantitative estimate of drug-likeness (QED) is 0.889. The van der Waals surface area contributed by atoms with Gasteiger partial charge in [0.15, 0.2) is 0 Å². The molecule has 0 aromatic heterocycles. The van der Waals surface area contributed by atoms with E-state index in [1.54, 1.807) is 37.3 Å². The van der Waals surface area contributed by atoms with Crippen molar-refractivity contribution in [2.45, 2.75) is 16.7 Å². The van der Waals surface area contributed by atoms with Gasteiger partial charge in [-0.05, 0) is 31.2 Å². The van der Waals surface area contributed by atoms with E-state index < -0.39 is 31.5 Å². The van der Waals surface area contributed by atoms with Crippen LogP contribution in [0.15, 0.2) is 68.2 Å². The van der Waals surface area contributed by atoms with Crippen LogP contribution in [0.25, 0.3) is 0 Å². The Morgan fingerprint density at radius 3 is 2.04 bits per heavy atom. The molecule has 122 valence electrons. The summed E-state index contributed by atoms with van der Waals surface area (Å²) >= 11 is 0. The summed E-state index contributed by atoms with van der Waals surface area (Å²) in [6.45, 7) is 1.80. The first-order valence-electron chi connectivity index (χ1n) is 6.58. The van der Waals surface area contributed by atoms with Crippen LogP contribution >= 0.6 is 0 Å². The summed E-state index contributed by atoms with van der Waals surface area (Å²) in [5, 5.41) is 8.98. The van der Waals surface area contributed by atoms with E-state index >= 15 is 0 Å². The second kappa shape index (κ2) is 6.51. The summed E-state index contributed by atoms with van der Waals surface area (Å²) in [5.41, 5.74) is 0.860. The highest BCUT2D eigenvalue weighted by Crippen LogP contribution is 2.20. The van der Waals surface area contributed by atoms with E-state index in [4.69, 9.17) is 5.11 Å². The Morgan fingerprint density at radius 1 is 0.957 bits per heavy atom. The van der Waals surface area contributed by atoms with Crippen molar-refractivity contribution in [2.75, 3.05) is 5.75 Å². The highest BCUT2D eigenvalue weighted by molar-refractivity contribution is 8.03. The molecular weight excluding hydrogens is 338 g/mol. The van der Waals surface area contributed by atoms with Gasteiger partial charge in [0.1, 0.15) is 15.5 Å². The van der Waals surface area contributed by atoms with E-state index in [1.807, 2.05) is 0 Å². The number of aryl methyl sites for hydroxylation is 1. The number of hydrogen-bond donors (Lipinski definition) is 1. The van der Waals surface area contributed by atoms with E-state index in [2.05, 4.69) is 3.77 Å². The van der Waals surface area contributed by atoms with E-state index in [-0.39, 0.29) is 9.79 Å². The molecule has 0 amide bonds. The van der Waals surface area contributed by atoms with Gasteiger partial charge in [0.2, 0.25) is 0 Å². The molecule has 8 heteroatoms. The van der Waals surface area contributed by atoms with Crippen LogP contribution in [0.3, 0.4) is 0 Å². The molecule has 1 atom stereocenters. The smallest absolute Gasteiger partial charge is 0.317 e. The van der Waals surface area contributed by atoms with Gasteiger partial charge in [0.25, 0.3) is 10.0 Å². The van der Waals surface area contributed by atoms with Crippen LogP contribution in [0, 0.1) is 6.92 Å². The predicted molar refractivity (Wildman–Crippen MR) is 86.1 cm³/mol. The molecule has 0 heterocycles. The fourth-order valence-corrected chi connectivity index (χ4v) is 5.60. The number of rotatable bonds is 5. The third-order valence-corrected chi connectivity index (χ3v) is 7.23. The fraction of sp³-hybridized carbons (Fsp3) is 0.133. The van der Waals surface area contributed by atoms with Gasteiger partial charge in [0.05, 0.1) is 4.90 Å². The second-order valence-corrected chi connectivity index (χ2v) is 8.91. The number of sulfonamides is 1. The lowest BCUT2D eigenvalue weighted by Gasteiger charge is -2.08. The van der Waals surface area contributed by atoms with Gasteiger partial charge in [-0.2, -0.15) is 8.42 Å². The first-order chi connectivity index (χ1) is 10.7. The van der Waals surface area contributed by atoms with Crippen LogP contribution in [0.4, 0.5) is 0 Å². The summed E-state index contributed by atoms with van der Waals surface area (Å²) in [7, 11) is -7.89. The van der Waals surface area contributed by atoms with Crippen molar-refractivity contribution in [2.24, 2.45) is 3.77 Å². The van der Waals surface area contributed by atoms with Crippen LogP contribution in [-0.2, 0) is 24.5 Å². The largest absolute Gasteiger partial charge is 0.481 e. The summed E-state index contributed by atoms with van der Waals surface area (Å²) in [5.74, 6) is -2.27. The Kier molecular flexibility index (Phi) is 4.86. The first-order valence-corrected chi connectivity index (χ1v) is 9.70. The molecule has 6 nitrogen and oxygen atoms in total. The van der Waals surface area contributed by atoms with Gasteiger partial charge in [-0.1, -0.05) is 35.9 Å². The van der Waals surface area contributed by atoms with Gasteiger partial charge < -0.3 is 5.11 Å². The zero-order valence-corrected chi connectivity index (χ0v) is 13.9. The van der Waals surface area contributed by atoms with Crippen molar-refractivity contribution in [1.29, 1.82) is 0 Å². The van der Waals surface area contributed by atoms with Crippen LogP contribution in [0.5, 0.6) is 0 Å². The Balaban J connectivity index is 2.64. The molecule has 0 aliphatic heterocycles. The normalized spacial score (nSPS) is 14.0. The topological polar surface area (TPSA) is 101 Å². The molecule has 2 aromatic rings. The van der Waals surface area contributed by atoms with Gasteiger partial charge in [-0.3, -0.25) is 4.79 Å². The Bertz CT molecular complexity index is 926. The maximum absolute atomic E-state index is 12.9. The van der Waals surface area contributed by atoms with Gasteiger partial charge in [-0.25, -0.2) is 4.21 Å². The minimum atomic E-state index is -4.24. The third kappa shape index (κ3) is 4.17. The molecule has 0 fully saturated rings. The lowest BCUT2D eigenvalue weighted by atomic mass is 10.2. The van der Waals surface area contributed by atoms with Crippen molar-refractivity contribution < 1.29 is 22.5 Å². The zero-order valence-electron chi connectivity index (χ0n) is 12.2. The Hall–Kier alpha value is -2.19. The number of nitrogens with zero attached hydrogens (tertiary/aromatic N) is 1. The maximum Gasteiger partial charge on any atom is 0.317 e. The van der Waals surface area contributed by atoms with Crippen LogP contribution in [0.2, 0.25) is 0 Å². The van der Waals surface area contributed by atoms with Crippen molar-refractivity contribution >= 4 is 25.7 Å². The summed E-state index contributed by atoms with van der Waals surface area (Å²) in [4.78, 5) is 11.0. The van der Waals surface area contributed by atoms with Gasteiger partial charge in [0, 0.05) is 4.90 Å². The minimum Gasteiger partial charge on any atom is -0.481 e. The van der Waals surface area contributed by atoms with E-state index in [9.17, 15) is 17.4 Å². The number of hydrogen-bond acceptors (Lipinski definition) is 4. The first kappa shape index (κ1) is 17.2. The molecule has 23 heavy (non-hydrogen) atoms. The molecule has 0 saturated heterocycles. The molecule has 0 aliphatic rings. The fourth-order valence-electron chi connectivity index (χ4n) is 1.86. The molecule has 1 unspecified atom stereocenters. The van der Waals surface area contributed by atoms with E-state index in [1.165, 1.54) is 24.3 Å². The molecule has 2 rings (SSSR count). The third-order valence-electron chi connectivity index (χ3n) is 2.97. The van der Waals surface area contributed by atoms with Gasteiger partial charge >= 0.3 is 5.97 Å². The predicted octanol–water partition coefficient (Wildman–Crippen LogP) is 2.30. The average molecular weight is 353 g/mol. The van der Waals surface area contributed by atoms with E-state index in [0.717, 1.165) is 5.56 Å². The second-order valence-electron chi connectivity index (χ2n) is 4.85. The van der Waals surface area contributed by atoms with Crippen molar-refractivity contribution in [3.05, 3.63) is 60.2 Å². The molecule has 0 spiro atoms. The highest BCUT2D eigenvalue weighted by atomic mass is 32.3. The van der Waals surface area contributed by atoms with Crippen LogP contribution in [-0.4, -0.2) is 29.5 Å². The number of carboxylic acids is 1. The standard InChI is InChI=1S/C15H15NO5S2/c1-12-7-9-14(10-8-12)23(20,21)16-22(19,11-15(17)18)13-5-3-2-4-6-13/h2-10H,11H2,1H3,(H,17,18). The number of carboxylic acid groups (broad SMARTS) is 1. The van der Waals surface area contributed by atoms with Crippen LogP contribution in [0.1, 0.15) is 5.56 Å². The molecular formula is C15H15NO5S2.